The number of thioether (sulfide) groups is 1. The van der Waals surface area contributed by atoms with E-state index in [1.807, 2.05) is 17.8 Å². The first-order valence-corrected chi connectivity index (χ1v) is 7.21. The van der Waals surface area contributed by atoms with E-state index in [2.05, 4.69) is 27.0 Å². The van der Waals surface area contributed by atoms with Gasteiger partial charge in [0.15, 0.2) is 0 Å². The lowest BCUT2D eigenvalue weighted by Gasteiger charge is -2.31. The number of aromatic nitrogens is 2. The number of hydrogen-bond donors (Lipinski definition) is 3. The fraction of sp³-hybridized carbons (Fsp3) is 0.636. The molecule has 0 radical (unpaired) electrons. The zero-order chi connectivity index (χ0) is 12.1. The molecule has 17 heavy (non-hydrogen) atoms. The lowest BCUT2D eigenvalue weighted by molar-refractivity contribution is 0.474. The van der Waals surface area contributed by atoms with Gasteiger partial charge >= 0.3 is 0 Å². The lowest BCUT2D eigenvalue weighted by atomic mass is 9.95. The molecule has 1 aliphatic rings. The average Bonchev–Trinajstić information content (AvgIpc) is 2.39. The molecule has 1 saturated carbocycles. The molecule has 2 unspecified atom stereocenters. The van der Waals surface area contributed by atoms with Crippen LogP contribution in [0.15, 0.2) is 12.3 Å². The van der Waals surface area contributed by atoms with Crippen molar-refractivity contribution in [3.05, 3.63) is 12.3 Å². The van der Waals surface area contributed by atoms with Crippen LogP contribution in [0.2, 0.25) is 0 Å². The lowest BCUT2D eigenvalue weighted by Crippen LogP contribution is -2.34. The molecule has 2 rings (SSSR count). The molecule has 1 aromatic rings. The molecule has 0 aromatic carbocycles. The summed E-state index contributed by atoms with van der Waals surface area (Å²) < 4.78 is 0. The SMILES string of the molecule is CSC1CCCCC1Nc1ccnc(NN)n1. The highest BCUT2D eigenvalue weighted by molar-refractivity contribution is 7.99. The van der Waals surface area contributed by atoms with E-state index in [0.717, 1.165) is 5.82 Å². The molecule has 6 heteroatoms. The van der Waals surface area contributed by atoms with Crippen LogP contribution in [0.3, 0.4) is 0 Å². The van der Waals surface area contributed by atoms with Crippen molar-refractivity contribution < 1.29 is 0 Å². The Morgan fingerprint density at radius 3 is 3.00 bits per heavy atom. The fourth-order valence-electron chi connectivity index (χ4n) is 2.24. The summed E-state index contributed by atoms with van der Waals surface area (Å²) in [6.45, 7) is 0. The molecular weight excluding hydrogens is 234 g/mol. The number of anilines is 2. The molecule has 0 aliphatic heterocycles. The van der Waals surface area contributed by atoms with Gasteiger partial charge in [-0.2, -0.15) is 16.7 Å². The summed E-state index contributed by atoms with van der Waals surface area (Å²) in [4.78, 5) is 8.28. The van der Waals surface area contributed by atoms with Gasteiger partial charge in [-0.3, -0.25) is 5.43 Å². The molecule has 2 atom stereocenters. The van der Waals surface area contributed by atoms with E-state index in [0.29, 0.717) is 17.2 Å². The maximum atomic E-state index is 5.30. The van der Waals surface area contributed by atoms with E-state index in [1.54, 1.807) is 6.20 Å². The minimum absolute atomic E-state index is 0.450. The maximum absolute atomic E-state index is 5.30. The summed E-state index contributed by atoms with van der Waals surface area (Å²) in [6.07, 6.45) is 9.01. The second-order valence-electron chi connectivity index (χ2n) is 4.22. The van der Waals surface area contributed by atoms with Crippen molar-refractivity contribution in [2.45, 2.75) is 37.0 Å². The van der Waals surface area contributed by atoms with Crippen molar-refractivity contribution in [1.29, 1.82) is 0 Å². The van der Waals surface area contributed by atoms with Gasteiger partial charge < -0.3 is 5.32 Å². The van der Waals surface area contributed by atoms with Crippen LogP contribution in [0, 0.1) is 0 Å². The Morgan fingerprint density at radius 2 is 2.24 bits per heavy atom. The molecule has 5 nitrogen and oxygen atoms in total. The van der Waals surface area contributed by atoms with Crippen LogP contribution < -0.4 is 16.6 Å². The number of rotatable bonds is 4. The molecule has 0 spiro atoms. The van der Waals surface area contributed by atoms with Crippen LogP contribution in [0.1, 0.15) is 25.7 Å². The third kappa shape index (κ3) is 3.23. The van der Waals surface area contributed by atoms with Gasteiger partial charge in [-0.05, 0) is 25.2 Å². The van der Waals surface area contributed by atoms with Crippen LogP contribution >= 0.6 is 11.8 Å². The molecular formula is C11H19N5S. The number of nitrogens with one attached hydrogen (secondary N) is 2. The van der Waals surface area contributed by atoms with E-state index in [4.69, 9.17) is 5.84 Å². The van der Waals surface area contributed by atoms with Crippen LogP contribution in [0.5, 0.6) is 0 Å². The highest BCUT2D eigenvalue weighted by Gasteiger charge is 2.24. The van der Waals surface area contributed by atoms with Crippen molar-refractivity contribution in [3.63, 3.8) is 0 Å². The van der Waals surface area contributed by atoms with Gasteiger partial charge in [0.05, 0.1) is 0 Å². The van der Waals surface area contributed by atoms with E-state index < -0.39 is 0 Å². The Balaban J connectivity index is 2.02. The first kappa shape index (κ1) is 12.4. The summed E-state index contributed by atoms with van der Waals surface area (Å²) in [5.41, 5.74) is 2.46. The molecule has 4 N–H and O–H groups in total. The molecule has 94 valence electrons. The topological polar surface area (TPSA) is 75.9 Å². The maximum Gasteiger partial charge on any atom is 0.239 e. The Hall–Kier alpha value is -1.01. The van der Waals surface area contributed by atoms with E-state index in [1.165, 1.54) is 25.7 Å². The third-order valence-corrected chi connectivity index (χ3v) is 4.29. The summed E-state index contributed by atoms with van der Waals surface area (Å²) >= 11 is 1.94. The molecule has 1 aromatic heterocycles. The van der Waals surface area contributed by atoms with Crippen molar-refractivity contribution in [2.24, 2.45) is 5.84 Å². The number of nitrogens with two attached hydrogens (primary N) is 1. The van der Waals surface area contributed by atoms with Gasteiger partial charge in [-0.15, -0.1) is 0 Å². The molecule has 1 aliphatic carbocycles. The molecule has 1 fully saturated rings. The van der Waals surface area contributed by atoms with Crippen LogP contribution in [-0.2, 0) is 0 Å². The Morgan fingerprint density at radius 1 is 1.41 bits per heavy atom. The zero-order valence-electron chi connectivity index (χ0n) is 10.0. The van der Waals surface area contributed by atoms with Crippen molar-refractivity contribution >= 4 is 23.5 Å². The number of nitrogens with zero attached hydrogens (tertiary/aromatic N) is 2. The minimum Gasteiger partial charge on any atom is -0.366 e. The van der Waals surface area contributed by atoms with Crippen LogP contribution in [-0.4, -0.2) is 27.5 Å². The second-order valence-corrected chi connectivity index (χ2v) is 5.30. The van der Waals surface area contributed by atoms with Crippen molar-refractivity contribution in [1.82, 2.24) is 9.97 Å². The summed E-state index contributed by atoms with van der Waals surface area (Å²) in [5.74, 6) is 6.60. The van der Waals surface area contributed by atoms with E-state index in [9.17, 15) is 0 Å². The molecule has 0 amide bonds. The van der Waals surface area contributed by atoms with Gasteiger partial charge in [0.25, 0.3) is 0 Å². The minimum atomic E-state index is 0.450. The number of hydrogen-bond acceptors (Lipinski definition) is 6. The van der Waals surface area contributed by atoms with Gasteiger partial charge in [0.2, 0.25) is 5.95 Å². The molecule has 0 bridgehead atoms. The van der Waals surface area contributed by atoms with Crippen molar-refractivity contribution in [2.75, 3.05) is 17.0 Å². The quantitative estimate of drug-likeness (QED) is 0.561. The average molecular weight is 253 g/mol. The van der Waals surface area contributed by atoms with E-state index >= 15 is 0 Å². The summed E-state index contributed by atoms with van der Waals surface area (Å²) in [6, 6.07) is 2.38. The van der Waals surface area contributed by atoms with E-state index in [-0.39, 0.29) is 0 Å². The summed E-state index contributed by atoms with van der Waals surface area (Å²) in [7, 11) is 0. The predicted molar refractivity (Wildman–Crippen MR) is 73.0 cm³/mol. The Labute approximate surface area is 106 Å². The van der Waals surface area contributed by atoms with Crippen LogP contribution in [0.25, 0.3) is 0 Å². The molecule has 1 heterocycles. The van der Waals surface area contributed by atoms with Gasteiger partial charge in [0.1, 0.15) is 5.82 Å². The number of hydrazine groups is 1. The standard InChI is InChI=1S/C11H19N5S/c1-17-9-5-3-2-4-8(9)14-10-6-7-13-11(15-10)16-12/h6-9H,2-5,12H2,1H3,(H2,13,14,15,16). The normalized spacial score (nSPS) is 24.4. The Bertz CT molecular complexity index is 359. The largest absolute Gasteiger partial charge is 0.366 e. The summed E-state index contributed by atoms with van der Waals surface area (Å²) in [5, 5.41) is 4.16. The smallest absolute Gasteiger partial charge is 0.239 e. The zero-order valence-corrected chi connectivity index (χ0v) is 10.8. The van der Waals surface area contributed by atoms with Crippen LogP contribution in [0.4, 0.5) is 11.8 Å². The second kappa shape index (κ2) is 6.07. The highest BCUT2D eigenvalue weighted by atomic mass is 32.2. The van der Waals surface area contributed by atoms with Crippen molar-refractivity contribution in [3.8, 4) is 0 Å². The third-order valence-electron chi connectivity index (χ3n) is 3.12. The highest BCUT2D eigenvalue weighted by Crippen LogP contribution is 2.29. The fourth-order valence-corrected chi connectivity index (χ4v) is 3.18. The number of nitrogen functional groups attached to an aromatic ring is 1. The first-order chi connectivity index (χ1) is 8.33. The first-order valence-electron chi connectivity index (χ1n) is 5.92. The predicted octanol–water partition coefficient (Wildman–Crippen LogP) is 1.85. The van der Waals surface area contributed by atoms with Gasteiger partial charge in [-0.25, -0.2) is 10.8 Å². The monoisotopic (exact) mass is 253 g/mol. The van der Waals surface area contributed by atoms with Gasteiger partial charge in [0, 0.05) is 17.5 Å². The van der Waals surface area contributed by atoms with Gasteiger partial charge in [-0.1, -0.05) is 12.8 Å². The Kier molecular flexibility index (Phi) is 4.44. The molecule has 0 saturated heterocycles.